The Hall–Kier alpha value is -1.75. The number of aliphatic hydroxyl groups is 15. The van der Waals surface area contributed by atoms with Gasteiger partial charge >= 0.3 is 17.1 Å². The molecule has 42 heavy (non-hydrogen) atoms. The van der Waals surface area contributed by atoms with Gasteiger partial charge in [-0.15, -0.1) is 0 Å². The minimum Gasteiger partial charge on any atom is -0.547 e. The Bertz CT molecular complexity index is 610. The number of aliphatic hydroxyl groups excluding tert-OH is 15. The van der Waals surface area contributed by atoms with Gasteiger partial charge in [0, 0.05) is 0 Å². The Kier molecular flexibility index (Phi) is 33.8. The van der Waals surface area contributed by atoms with Crippen LogP contribution in [0.5, 0.6) is 0 Å². The molecule has 0 fully saturated rings. The maximum absolute atomic E-state index is 9.98. The van der Waals surface area contributed by atoms with Gasteiger partial charge in [0.15, 0.2) is 0 Å². The normalized spacial score (nSPS) is 18.9. The number of carboxylic acid groups (broad SMARTS) is 3. The first-order chi connectivity index (χ1) is 17.7. The second-order valence-electron chi connectivity index (χ2n) is 7.48. The van der Waals surface area contributed by atoms with Gasteiger partial charge in [-0.25, -0.2) is 0 Å². The number of rotatable bonds is 15. The van der Waals surface area contributed by atoms with Crippen molar-refractivity contribution in [2.75, 3.05) is 19.8 Å². The van der Waals surface area contributed by atoms with Crippen LogP contribution >= 0.6 is 0 Å². The van der Waals surface area contributed by atoms with Crippen LogP contribution in [0, 0.1) is 0 Å². The van der Waals surface area contributed by atoms with E-state index in [0.717, 1.165) is 0 Å². The Balaban J connectivity index is -0.000000112. The van der Waals surface area contributed by atoms with Gasteiger partial charge in [0.05, 0.1) is 37.7 Å². The van der Waals surface area contributed by atoms with E-state index in [9.17, 15) is 29.7 Å². The van der Waals surface area contributed by atoms with Gasteiger partial charge in [-0.3, -0.25) is 0 Å². The first-order valence-electron chi connectivity index (χ1n) is 10.4. The van der Waals surface area contributed by atoms with Gasteiger partial charge in [0.1, 0.15) is 73.2 Å². The average Bonchev–Trinajstić information content (AvgIpc) is 2.92. The zero-order valence-electron chi connectivity index (χ0n) is 21.1. The molecule has 0 aromatic carbocycles. The fourth-order valence-corrected chi connectivity index (χ4v) is 1.99. The Morgan fingerprint density at radius 3 is 0.643 bits per heavy atom. The quantitative estimate of drug-likeness (QED) is 0.0715. The molecule has 0 aliphatic heterocycles. The van der Waals surface area contributed by atoms with E-state index in [1.807, 2.05) is 0 Å². The summed E-state index contributed by atoms with van der Waals surface area (Å²) in [4.78, 5) is 29.9. The van der Waals surface area contributed by atoms with Crippen LogP contribution in [0.15, 0.2) is 0 Å². The van der Waals surface area contributed by atoms with Crippen LogP contribution in [0.2, 0.25) is 0 Å². The van der Waals surface area contributed by atoms with E-state index >= 15 is 0 Å². The second-order valence-corrected chi connectivity index (χ2v) is 7.48. The molecular formula is C18H37FeO23. The molecule has 23 nitrogen and oxygen atoms in total. The molecular weight excluding hydrogens is 640 g/mol. The fourth-order valence-electron chi connectivity index (χ4n) is 1.99. The third-order valence-corrected chi connectivity index (χ3v) is 4.49. The molecule has 0 bridgehead atoms. The zero-order valence-corrected chi connectivity index (χ0v) is 22.2. The molecule has 0 rings (SSSR count). The minimum atomic E-state index is -2.31. The maximum atomic E-state index is 9.98. The summed E-state index contributed by atoms with van der Waals surface area (Å²) in [5.41, 5.74) is 0. The van der Waals surface area contributed by atoms with E-state index in [0.29, 0.717) is 0 Å². The predicted octanol–water partition coefficient (Wildman–Crippen LogP) is -16.1. The van der Waals surface area contributed by atoms with Crippen LogP contribution in [0.4, 0.5) is 0 Å². The van der Waals surface area contributed by atoms with Gasteiger partial charge in [-0.05, 0) is 0 Å². The molecule has 19 N–H and O–H groups in total. The zero-order chi connectivity index (χ0) is 31.8. The summed E-state index contributed by atoms with van der Waals surface area (Å²) in [6.07, 6.45) is -24.2. The largest absolute Gasteiger partial charge is 3.00 e. The van der Waals surface area contributed by atoms with E-state index in [-0.39, 0.29) is 28.0 Å². The SMILES string of the molecule is O.O.O=C([O-])[C@H](O)[C@@H](O)[C@H](O)[C@H](O)CO.O=C([O-])[C@H](O)[C@@H](O)[C@H](O)[C@H](O)CO.O=C([O-])[C@H](O)[C@@H](O)[C@H](O)[C@H](O)CO.[Fe+3]. The maximum Gasteiger partial charge on any atom is 3.00 e. The van der Waals surface area contributed by atoms with Crippen molar-refractivity contribution in [3.05, 3.63) is 0 Å². The molecule has 0 saturated carbocycles. The minimum absolute atomic E-state index is 0. The van der Waals surface area contributed by atoms with Crippen LogP contribution in [0.3, 0.4) is 0 Å². The van der Waals surface area contributed by atoms with Crippen molar-refractivity contribution in [1.29, 1.82) is 0 Å². The van der Waals surface area contributed by atoms with E-state index in [1.165, 1.54) is 0 Å². The topological polar surface area (TPSA) is 487 Å². The number of carbonyl (C=O) groups is 3. The number of hydrogen-bond acceptors (Lipinski definition) is 21. The summed E-state index contributed by atoms with van der Waals surface area (Å²) in [6, 6.07) is 0. The molecule has 12 atom stereocenters. The molecule has 0 saturated heterocycles. The van der Waals surface area contributed by atoms with Crippen LogP contribution in [-0.2, 0) is 31.5 Å². The molecule has 0 spiro atoms. The van der Waals surface area contributed by atoms with E-state index < -0.39 is 111 Å². The molecule has 0 aliphatic rings. The summed E-state index contributed by atoms with van der Waals surface area (Å²) < 4.78 is 0. The third kappa shape index (κ3) is 19.4. The molecule has 0 amide bonds. The number of carboxylic acids is 3. The molecule has 0 aliphatic carbocycles. The van der Waals surface area contributed by atoms with Crippen molar-refractivity contribution in [2.45, 2.75) is 73.2 Å². The van der Waals surface area contributed by atoms with Gasteiger partial charge < -0.3 is 117 Å². The van der Waals surface area contributed by atoms with Crippen LogP contribution < -0.4 is 15.3 Å². The second kappa shape index (κ2) is 26.8. The summed E-state index contributed by atoms with van der Waals surface area (Å²) in [5, 5.41) is 160. The first-order valence-corrected chi connectivity index (χ1v) is 10.4. The standard InChI is InChI=1S/3C6H12O7.Fe.2H2O/c3*7-1-2(8)3(9)4(10)5(11)6(12)13;;;/h3*2-5,7-11H,1H2,(H,12,13);;2*1H2/q;;;+3;;/p-3/t3*2-,3-,4+,5-;;;/m111.../s1. The molecule has 0 unspecified atom stereocenters. The summed E-state index contributed by atoms with van der Waals surface area (Å²) >= 11 is 0. The van der Waals surface area contributed by atoms with Gasteiger partial charge in [0.2, 0.25) is 0 Å². The fraction of sp³-hybridized carbons (Fsp3) is 0.833. The van der Waals surface area contributed by atoms with E-state index in [2.05, 4.69) is 0 Å². The van der Waals surface area contributed by atoms with Crippen molar-refractivity contribution in [1.82, 2.24) is 0 Å². The van der Waals surface area contributed by atoms with Crippen LogP contribution in [0.1, 0.15) is 0 Å². The van der Waals surface area contributed by atoms with Gasteiger partial charge in [0.25, 0.3) is 0 Å². The van der Waals surface area contributed by atoms with Gasteiger partial charge in [-0.1, -0.05) is 0 Å². The molecule has 1 radical (unpaired) electrons. The smallest absolute Gasteiger partial charge is 0.547 e. The van der Waals surface area contributed by atoms with E-state index in [4.69, 9.17) is 76.6 Å². The van der Waals surface area contributed by atoms with Crippen molar-refractivity contribution < 1.29 is 134 Å². The Morgan fingerprint density at radius 2 is 0.548 bits per heavy atom. The Morgan fingerprint density at radius 1 is 0.405 bits per heavy atom. The molecule has 0 aromatic rings. The Labute approximate surface area is 245 Å². The molecule has 255 valence electrons. The first kappa shape index (κ1) is 52.9. The summed E-state index contributed by atoms with van der Waals surface area (Å²) in [7, 11) is 0. The number of hydrogen-bond donors (Lipinski definition) is 15. The van der Waals surface area contributed by atoms with Crippen molar-refractivity contribution in [2.24, 2.45) is 0 Å². The monoisotopic (exact) mass is 677 g/mol. The predicted molar refractivity (Wildman–Crippen MR) is 116 cm³/mol. The third-order valence-electron chi connectivity index (χ3n) is 4.49. The van der Waals surface area contributed by atoms with Crippen LogP contribution in [-0.4, -0.2) is 199 Å². The number of carbonyl (C=O) groups excluding carboxylic acids is 3. The van der Waals surface area contributed by atoms with Crippen molar-refractivity contribution in [3.8, 4) is 0 Å². The van der Waals surface area contributed by atoms with Crippen molar-refractivity contribution >= 4 is 17.9 Å². The number of aliphatic carboxylic acids is 3. The molecule has 0 heterocycles. The van der Waals surface area contributed by atoms with Crippen LogP contribution in [0.25, 0.3) is 0 Å². The summed E-state index contributed by atoms with van der Waals surface area (Å²) in [5.74, 6) is -5.93. The molecule has 0 aromatic heterocycles. The van der Waals surface area contributed by atoms with Gasteiger partial charge in [-0.2, -0.15) is 0 Å². The van der Waals surface area contributed by atoms with Crippen molar-refractivity contribution in [3.63, 3.8) is 0 Å². The van der Waals surface area contributed by atoms with E-state index in [1.54, 1.807) is 0 Å². The summed E-state index contributed by atoms with van der Waals surface area (Å²) in [6.45, 7) is -2.59. The molecule has 24 heteroatoms. The average molecular weight is 677 g/mol.